The first kappa shape index (κ1) is 22.0. The molecule has 0 aliphatic carbocycles. The summed E-state index contributed by atoms with van der Waals surface area (Å²) in [6, 6.07) is 8.35. The first-order valence-electron chi connectivity index (χ1n) is 10.2. The number of ether oxygens (including phenoxy) is 1. The number of methoxy groups -OCH3 is 1. The molecule has 1 amide bonds. The summed E-state index contributed by atoms with van der Waals surface area (Å²) in [5, 5.41) is 9.25. The standard InChI is InChI=1S/C21H35N5O2/c1-17-7-4-5-13-26(17)14-6-12-23-21(22-2)25-16-20(27)24-15-18-8-10-19(28-3)11-9-18/h8-11,17H,4-7,12-16H2,1-3H3,(H,24,27)(H2,22,23,25). The van der Waals surface area contributed by atoms with Gasteiger partial charge in [0, 0.05) is 32.7 Å². The number of aliphatic imine (C=N–C) groups is 1. The lowest BCUT2D eigenvalue weighted by molar-refractivity contribution is -0.120. The van der Waals surface area contributed by atoms with E-state index in [0.717, 1.165) is 30.8 Å². The van der Waals surface area contributed by atoms with Gasteiger partial charge in [-0.1, -0.05) is 18.6 Å². The Morgan fingerprint density at radius 2 is 2.00 bits per heavy atom. The molecule has 0 bridgehead atoms. The molecule has 7 nitrogen and oxygen atoms in total. The van der Waals surface area contributed by atoms with Crippen molar-refractivity contribution in [3.8, 4) is 5.75 Å². The van der Waals surface area contributed by atoms with E-state index in [0.29, 0.717) is 18.5 Å². The van der Waals surface area contributed by atoms with Gasteiger partial charge in [-0.2, -0.15) is 0 Å². The number of nitrogens with zero attached hydrogens (tertiary/aromatic N) is 2. The van der Waals surface area contributed by atoms with Crippen LogP contribution in [0.3, 0.4) is 0 Å². The van der Waals surface area contributed by atoms with E-state index in [9.17, 15) is 4.79 Å². The van der Waals surface area contributed by atoms with Gasteiger partial charge in [0.15, 0.2) is 5.96 Å². The first-order valence-corrected chi connectivity index (χ1v) is 10.2. The lowest BCUT2D eigenvalue weighted by Gasteiger charge is -2.33. The van der Waals surface area contributed by atoms with Crippen molar-refractivity contribution >= 4 is 11.9 Å². The molecule has 1 atom stereocenters. The average molecular weight is 390 g/mol. The zero-order chi connectivity index (χ0) is 20.2. The van der Waals surface area contributed by atoms with Crippen LogP contribution in [-0.4, -0.2) is 63.1 Å². The summed E-state index contributed by atoms with van der Waals surface area (Å²) in [4.78, 5) is 18.8. The van der Waals surface area contributed by atoms with Gasteiger partial charge in [0.05, 0.1) is 13.7 Å². The number of hydrogen-bond acceptors (Lipinski definition) is 4. The highest BCUT2D eigenvalue weighted by atomic mass is 16.5. The molecule has 1 heterocycles. The fourth-order valence-electron chi connectivity index (χ4n) is 3.37. The number of carbonyl (C=O) groups is 1. The smallest absolute Gasteiger partial charge is 0.239 e. The summed E-state index contributed by atoms with van der Waals surface area (Å²) in [5.74, 6) is 1.40. The Hall–Kier alpha value is -2.28. The Kier molecular flexibility index (Phi) is 9.62. The minimum absolute atomic E-state index is 0.0686. The molecule has 28 heavy (non-hydrogen) atoms. The van der Waals surface area contributed by atoms with Crippen molar-refractivity contribution in [3.05, 3.63) is 29.8 Å². The number of nitrogens with one attached hydrogen (secondary N) is 3. The van der Waals surface area contributed by atoms with E-state index in [4.69, 9.17) is 4.74 Å². The number of amides is 1. The highest BCUT2D eigenvalue weighted by Crippen LogP contribution is 2.16. The fraction of sp³-hybridized carbons (Fsp3) is 0.619. The third-order valence-corrected chi connectivity index (χ3v) is 5.14. The summed E-state index contributed by atoms with van der Waals surface area (Å²) < 4.78 is 5.13. The molecular weight excluding hydrogens is 354 g/mol. The SMILES string of the molecule is CN=C(NCCCN1CCCCC1C)NCC(=O)NCc1ccc(OC)cc1. The number of hydrogen-bond donors (Lipinski definition) is 3. The van der Waals surface area contributed by atoms with Crippen molar-refractivity contribution in [2.24, 2.45) is 4.99 Å². The largest absolute Gasteiger partial charge is 0.497 e. The van der Waals surface area contributed by atoms with Gasteiger partial charge in [0.25, 0.3) is 0 Å². The van der Waals surface area contributed by atoms with Crippen LogP contribution in [0.5, 0.6) is 5.75 Å². The van der Waals surface area contributed by atoms with E-state index >= 15 is 0 Å². The summed E-state index contributed by atoms with van der Waals surface area (Å²) in [6.45, 7) is 6.16. The Morgan fingerprint density at radius 3 is 2.68 bits per heavy atom. The highest BCUT2D eigenvalue weighted by molar-refractivity contribution is 5.86. The molecule has 1 saturated heterocycles. The third kappa shape index (κ3) is 7.76. The second-order valence-corrected chi connectivity index (χ2v) is 7.21. The lowest BCUT2D eigenvalue weighted by Crippen LogP contribution is -2.44. The van der Waals surface area contributed by atoms with Gasteiger partial charge in [-0.3, -0.25) is 9.79 Å². The number of piperidine rings is 1. The van der Waals surface area contributed by atoms with E-state index in [2.05, 4.69) is 32.8 Å². The van der Waals surface area contributed by atoms with E-state index < -0.39 is 0 Å². The third-order valence-electron chi connectivity index (χ3n) is 5.14. The van der Waals surface area contributed by atoms with Crippen LogP contribution in [0.15, 0.2) is 29.3 Å². The molecular formula is C21H35N5O2. The monoisotopic (exact) mass is 389 g/mol. The number of guanidine groups is 1. The Bertz CT molecular complexity index is 618. The predicted octanol–water partition coefficient (Wildman–Crippen LogP) is 1.74. The van der Waals surface area contributed by atoms with Crippen LogP contribution < -0.4 is 20.7 Å². The van der Waals surface area contributed by atoms with Crippen LogP contribution in [0, 0.1) is 0 Å². The van der Waals surface area contributed by atoms with E-state index in [1.807, 2.05) is 24.3 Å². The van der Waals surface area contributed by atoms with Crippen molar-refractivity contribution in [3.63, 3.8) is 0 Å². The molecule has 156 valence electrons. The van der Waals surface area contributed by atoms with Gasteiger partial charge in [-0.15, -0.1) is 0 Å². The van der Waals surface area contributed by atoms with Crippen LogP contribution in [0.1, 0.15) is 38.2 Å². The molecule has 3 N–H and O–H groups in total. The van der Waals surface area contributed by atoms with Crippen molar-refractivity contribution in [2.75, 3.05) is 40.3 Å². The lowest BCUT2D eigenvalue weighted by atomic mass is 10.0. The molecule has 0 saturated carbocycles. The highest BCUT2D eigenvalue weighted by Gasteiger charge is 2.17. The Morgan fingerprint density at radius 1 is 1.21 bits per heavy atom. The molecule has 1 aliphatic rings. The molecule has 1 aromatic rings. The maximum atomic E-state index is 12.0. The Labute approximate surface area is 168 Å². The predicted molar refractivity (Wildman–Crippen MR) is 114 cm³/mol. The van der Waals surface area contributed by atoms with Crippen LogP contribution in [0.25, 0.3) is 0 Å². The fourth-order valence-corrected chi connectivity index (χ4v) is 3.37. The average Bonchev–Trinajstić information content (AvgIpc) is 2.73. The molecule has 0 radical (unpaired) electrons. The van der Waals surface area contributed by atoms with Gasteiger partial charge < -0.3 is 25.6 Å². The number of likely N-dealkylation sites (tertiary alicyclic amines) is 1. The topological polar surface area (TPSA) is 78.0 Å². The molecule has 1 unspecified atom stereocenters. The van der Waals surface area contributed by atoms with Crippen molar-refractivity contribution in [1.29, 1.82) is 0 Å². The normalized spacial score (nSPS) is 17.8. The molecule has 7 heteroatoms. The van der Waals surface area contributed by atoms with Crippen LogP contribution in [0.2, 0.25) is 0 Å². The maximum Gasteiger partial charge on any atom is 0.239 e. The number of carbonyl (C=O) groups excluding carboxylic acids is 1. The van der Waals surface area contributed by atoms with E-state index in [1.165, 1.54) is 25.8 Å². The van der Waals surface area contributed by atoms with Gasteiger partial charge in [-0.05, 0) is 50.4 Å². The van der Waals surface area contributed by atoms with Gasteiger partial charge in [0.2, 0.25) is 5.91 Å². The van der Waals surface area contributed by atoms with Crippen molar-refractivity contribution in [2.45, 2.75) is 45.2 Å². The summed E-state index contributed by atoms with van der Waals surface area (Å²) >= 11 is 0. The maximum absolute atomic E-state index is 12.0. The number of rotatable bonds is 9. The first-order chi connectivity index (χ1) is 13.6. The van der Waals surface area contributed by atoms with Gasteiger partial charge >= 0.3 is 0 Å². The van der Waals surface area contributed by atoms with E-state index in [1.54, 1.807) is 14.2 Å². The molecule has 1 aliphatic heterocycles. The molecule has 1 aromatic carbocycles. The van der Waals surface area contributed by atoms with E-state index in [-0.39, 0.29) is 12.5 Å². The Balaban J connectivity index is 1.59. The summed E-state index contributed by atoms with van der Waals surface area (Å²) in [7, 11) is 3.36. The molecule has 0 spiro atoms. The van der Waals surface area contributed by atoms with Crippen molar-refractivity contribution in [1.82, 2.24) is 20.9 Å². The quantitative estimate of drug-likeness (QED) is 0.341. The molecule has 0 aromatic heterocycles. The summed E-state index contributed by atoms with van der Waals surface area (Å²) in [5.41, 5.74) is 1.03. The zero-order valence-corrected chi connectivity index (χ0v) is 17.5. The minimum atomic E-state index is -0.0686. The number of benzene rings is 1. The second-order valence-electron chi connectivity index (χ2n) is 7.21. The zero-order valence-electron chi connectivity index (χ0n) is 17.5. The van der Waals surface area contributed by atoms with Crippen molar-refractivity contribution < 1.29 is 9.53 Å². The van der Waals surface area contributed by atoms with Gasteiger partial charge in [-0.25, -0.2) is 0 Å². The van der Waals surface area contributed by atoms with Gasteiger partial charge in [0.1, 0.15) is 5.75 Å². The van der Waals surface area contributed by atoms with Crippen LogP contribution >= 0.6 is 0 Å². The molecule has 2 rings (SSSR count). The van der Waals surface area contributed by atoms with Crippen LogP contribution in [0.4, 0.5) is 0 Å². The molecule has 1 fully saturated rings. The van der Waals surface area contributed by atoms with Crippen LogP contribution in [-0.2, 0) is 11.3 Å². The minimum Gasteiger partial charge on any atom is -0.497 e. The summed E-state index contributed by atoms with van der Waals surface area (Å²) in [6.07, 6.45) is 5.04. The second kappa shape index (κ2) is 12.2.